The highest BCUT2D eigenvalue weighted by atomic mass is 35.5. The third-order valence-electron chi connectivity index (χ3n) is 4.19. The van der Waals surface area contributed by atoms with E-state index in [1.54, 1.807) is 0 Å². The van der Waals surface area contributed by atoms with Gasteiger partial charge in [-0.05, 0) is 11.1 Å². The number of hydrogen-bond acceptors (Lipinski definition) is 4. The molecule has 0 saturated carbocycles. The highest BCUT2D eigenvalue weighted by Crippen LogP contribution is 2.39. The second kappa shape index (κ2) is 7.90. The van der Waals surface area contributed by atoms with Gasteiger partial charge in [0.25, 0.3) is 5.56 Å². The number of aromatic nitrogens is 2. The van der Waals surface area contributed by atoms with Crippen molar-refractivity contribution in [2.75, 3.05) is 10.6 Å². The molecule has 2 atom stereocenters. The van der Waals surface area contributed by atoms with Crippen molar-refractivity contribution in [3.05, 3.63) is 92.6 Å². The number of H-pyrrole nitrogens is 2. The van der Waals surface area contributed by atoms with Crippen LogP contribution in [-0.4, -0.2) is 15.4 Å². The normalized spacial score (nSPS) is 17.5. The number of hydrogen-bond donors (Lipinski definition) is 4. The van der Waals surface area contributed by atoms with Gasteiger partial charge in [-0.1, -0.05) is 60.7 Å². The van der Waals surface area contributed by atoms with E-state index in [4.69, 9.17) is 0 Å². The molecule has 0 bridgehead atoms. The largest absolute Gasteiger partial charge is 0.412 e. The Balaban J connectivity index is 0.00000121. The average Bonchev–Trinajstić information content (AvgIpc) is 2.62. The zero-order valence-electron chi connectivity index (χ0n) is 13.7. The van der Waals surface area contributed by atoms with Gasteiger partial charge in [0.05, 0.1) is 12.1 Å². The summed E-state index contributed by atoms with van der Waals surface area (Å²) in [5, 5.41) is 6.59. The fourth-order valence-electron chi connectivity index (χ4n) is 3.08. The van der Waals surface area contributed by atoms with Crippen molar-refractivity contribution in [2.24, 2.45) is 0 Å². The summed E-state index contributed by atoms with van der Waals surface area (Å²) in [4.78, 5) is 28.6. The molecular formula is C18H19ClN4O3. The standard InChI is InChI=1S/C18H16N4O2.ClH.H2O/c23-17-15-16(21-18(24)22-17)20-14(12-9-5-2-6-10-12)13(19-15)11-7-3-1-4-8-11;;/h1-10,13-14,19H,(H3,20,21,22,23,24);1H;1H2. The van der Waals surface area contributed by atoms with Gasteiger partial charge in [0.15, 0.2) is 0 Å². The van der Waals surface area contributed by atoms with Gasteiger partial charge in [-0.25, -0.2) is 4.79 Å². The first-order chi connectivity index (χ1) is 11.7. The minimum absolute atomic E-state index is 0. The Morgan fingerprint density at radius 3 is 1.73 bits per heavy atom. The van der Waals surface area contributed by atoms with E-state index in [1.165, 1.54) is 0 Å². The summed E-state index contributed by atoms with van der Waals surface area (Å²) in [5.41, 5.74) is 1.49. The number of anilines is 2. The fraction of sp³-hybridized carbons (Fsp3) is 0.111. The summed E-state index contributed by atoms with van der Waals surface area (Å²) in [7, 11) is 0. The van der Waals surface area contributed by atoms with Crippen molar-refractivity contribution in [2.45, 2.75) is 12.1 Å². The molecule has 1 aliphatic heterocycles. The lowest BCUT2D eigenvalue weighted by Crippen LogP contribution is -2.37. The first-order valence-corrected chi connectivity index (χ1v) is 7.72. The first kappa shape index (κ1) is 19.3. The second-order valence-electron chi connectivity index (χ2n) is 5.72. The van der Waals surface area contributed by atoms with E-state index in [0.717, 1.165) is 11.1 Å². The first-order valence-electron chi connectivity index (χ1n) is 7.72. The lowest BCUT2D eigenvalue weighted by molar-refractivity contribution is 0.628. The zero-order chi connectivity index (χ0) is 16.5. The van der Waals surface area contributed by atoms with Crippen molar-refractivity contribution >= 4 is 23.9 Å². The molecule has 0 fully saturated rings. The van der Waals surface area contributed by atoms with Gasteiger partial charge in [-0.2, -0.15) is 0 Å². The highest BCUT2D eigenvalue weighted by molar-refractivity contribution is 5.85. The molecule has 0 aliphatic carbocycles. The Kier molecular flexibility index (Phi) is 5.86. The molecule has 2 heterocycles. The summed E-state index contributed by atoms with van der Waals surface area (Å²) in [6, 6.07) is 19.6. The number of benzene rings is 2. The van der Waals surface area contributed by atoms with Gasteiger partial charge in [0.1, 0.15) is 11.5 Å². The van der Waals surface area contributed by atoms with Gasteiger partial charge in [0.2, 0.25) is 0 Å². The van der Waals surface area contributed by atoms with E-state index in [2.05, 4.69) is 20.6 Å². The Bertz CT molecular complexity index is 973. The van der Waals surface area contributed by atoms with Crippen molar-refractivity contribution in [1.82, 2.24) is 9.97 Å². The molecule has 4 rings (SSSR count). The van der Waals surface area contributed by atoms with E-state index in [1.807, 2.05) is 60.7 Å². The van der Waals surface area contributed by atoms with Crippen LogP contribution >= 0.6 is 12.4 Å². The highest BCUT2D eigenvalue weighted by Gasteiger charge is 2.31. The van der Waals surface area contributed by atoms with Crippen molar-refractivity contribution in [1.29, 1.82) is 0 Å². The fourth-order valence-corrected chi connectivity index (χ4v) is 3.08. The lowest BCUT2D eigenvalue weighted by atomic mass is 9.91. The average molecular weight is 375 g/mol. The van der Waals surface area contributed by atoms with Crippen LogP contribution in [0.1, 0.15) is 23.2 Å². The molecule has 3 aromatic rings. The maximum absolute atomic E-state index is 12.1. The maximum Gasteiger partial charge on any atom is 0.327 e. The molecule has 7 nitrogen and oxygen atoms in total. The number of fused-ring (bicyclic) bond motifs is 1. The molecular weight excluding hydrogens is 356 g/mol. The zero-order valence-corrected chi connectivity index (χ0v) is 14.5. The summed E-state index contributed by atoms with van der Waals surface area (Å²) in [6.45, 7) is 0. The van der Waals surface area contributed by atoms with Crippen LogP contribution in [0.25, 0.3) is 0 Å². The minimum atomic E-state index is -0.530. The Morgan fingerprint density at radius 1 is 0.692 bits per heavy atom. The van der Waals surface area contributed by atoms with Crippen LogP contribution < -0.4 is 21.9 Å². The molecule has 136 valence electrons. The molecule has 0 radical (unpaired) electrons. The van der Waals surface area contributed by atoms with E-state index in [0.29, 0.717) is 11.5 Å². The number of aromatic amines is 2. The van der Waals surface area contributed by atoms with Crippen LogP contribution in [0.4, 0.5) is 11.5 Å². The third kappa shape index (κ3) is 3.49. The number of nitrogens with one attached hydrogen (secondary N) is 4. The predicted molar refractivity (Wildman–Crippen MR) is 104 cm³/mol. The van der Waals surface area contributed by atoms with E-state index in [-0.39, 0.29) is 30.0 Å². The molecule has 0 amide bonds. The van der Waals surface area contributed by atoms with E-state index in [9.17, 15) is 9.59 Å². The summed E-state index contributed by atoms with van der Waals surface area (Å²) >= 11 is 0. The molecule has 2 aromatic carbocycles. The predicted octanol–water partition coefficient (Wildman–Crippen LogP) is 1.98. The molecule has 1 aromatic heterocycles. The van der Waals surface area contributed by atoms with Crippen LogP contribution in [0.2, 0.25) is 0 Å². The molecule has 8 heteroatoms. The van der Waals surface area contributed by atoms with Crippen molar-refractivity contribution in [3.8, 4) is 0 Å². The van der Waals surface area contributed by atoms with Crippen molar-refractivity contribution < 1.29 is 5.48 Å². The van der Waals surface area contributed by atoms with Gasteiger partial charge >= 0.3 is 5.69 Å². The molecule has 1 aliphatic rings. The van der Waals surface area contributed by atoms with Crippen molar-refractivity contribution in [3.63, 3.8) is 0 Å². The monoisotopic (exact) mass is 374 g/mol. The van der Waals surface area contributed by atoms with Crippen LogP contribution in [0, 0.1) is 0 Å². The second-order valence-corrected chi connectivity index (χ2v) is 5.72. The molecule has 6 N–H and O–H groups in total. The molecule has 0 spiro atoms. The lowest BCUT2D eigenvalue weighted by Gasteiger charge is -2.35. The van der Waals surface area contributed by atoms with Crippen LogP contribution in [0.3, 0.4) is 0 Å². The summed E-state index contributed by atoms with van der Waals surface area (Å²) < 4.78 is 0. The number of halogens is 1. The summed E-state index contributed by atoms with van der Waals surface area (Å²) in [6.07, 6.45) is 0. The van der Waals surface area contributed by atoms with Crippen LogP contribution in [-0.2, 0) is 0 Å². The Hall–Kier alpha value is -3.03. The van der Waals surface area contributed by atoms with Gasteiger partial charge in [-0.15, -0.1) is 12.4 Å². The summed E-state index contributed by atoms with van der Waals surface area (Å²) in [5.74, 6) is 0.407. The minimum Gasteiger partial charge on any atom is -0.412 e. The third-order valence-corrected chi connectivity index (χ3v) is 4.19. The Morgan fingerprint density at radius 2 is 1.19 bits per heavy atom. The van der Waals surface area contributed by atoms with Gasteiger partial charge in [-0.3, -0.25) is 14.8 Å². The SMILES string of the molecule is Cl.O.O=c1[nH]c2c(c(=O)[nH]1)NC(c1ccccc1)C(c1ccccc1)N2. The molecule has 0 saturated heterocycles. The molecule has 2 unspecified atom stereocenters. The maximum atomic E-state index is 12.1. The van der Waals surface area contributed by atoms with E-state index < -0.39 is 11.2 Å². The molecule has 26 heavy (non-hydrogen) atoms. The van der Waals surface area contributed by atoms with Gasteiger partial charge < -0.3 is 16.1 Å². The topological polar surface area (TPSA) is 121 Å². The van der Waals surface area contributed by atoms with Crippen LogP contribution in [0.15, 0.2) is 70.3 Å². The quantitative estimate of drug-likeness (QED) is 0.548. The smallest absolute Gasteiger partial charge is 0.327 e. The van der Waals surface area contributed by atoms with E-state index >= 15 is 0 Å². The van der Waals surface area contributed by atoms with Gasteiger partial charge in [0, 0.05) is 0 Å². The van der Waals surface area contributed by atoms with Crippen LogP contribution in [0.5, 0.6) is 0 Å². The number of rotatable bonds is 2. The Labute approximate surface area is 155 Å².